The summed E-state index contributed by atoms with van der Waals surface area (Å²) in [6.07, 6.45) is 0. The van der Waals surface area contributed by atoms with Crippen molar-refractivity contribution in [3.8, 4) is 0 Å². The molecule has 0 saturated heterocycles. The van der Waals surface area contributed by atoms with E-state index in [0.717, 1.165) is 5.56 Å². The van der Waals surface area contributed by atoms with E-state index in [0.29, 0.717) is 0 Å². The minimum Gasteiger partial charge on any atom is -0.318 e. The molecule has 0 aromatic heterocycles. The lowest BCUT2D eigenvalue weighted by molar-refractivity contribution is 0.181. The number of hydrogen-bond donors (Lipinski definition) is 0. The third-order valence-electron chi connectivity index (χ3n) is 2.82. The number of rotatable bonds is 10. The molecule has 0 spiro atoms. The first-order chi connectivity index (χ1) is 10.4. The van der Waals surface area contributed by atoms with E-state index in [1.807, 2.05) is 30.3 Å². The first-order valence-electron chi connectivity index (χ1n) is 7.33. The second-order valence-corrected chi connectivity index (χ2v) is 9.14. The summed E-state index contributed by atoms with van der Waals surface area (Å²) in [6.45, 7) is 7.39. The van der Waals surface area contributed by atoms with Crippen molar-refractivity contribution < 1.29 is 22.7 Å². The standard InChI is InChI=1S/C14H25NO5P2/c1-5-18-21(4,16)15(13-14-11-9-8-10-12-14)22(17,19-6-2)20-7-3/h8-12H,5-7,13H2,1-4H3. The molecule has 1 aromatic carbocycles. The van der Waals surface area contributed by atoms with E-state index >= 15 is 0 Å². The van der Waals surface area contributed by atoms with E-state index in [1.165, 1.54) is 11.1 Å². The minimum atomic E-state index is -3.70. The summed E-state index contributed by atoms with van der Waals surface area (Å²) in [4.78, 5) is 0. The normalized spacial score (nSPS) is 15.0. The summed E-state index contributed by atoms with van der Waals surface area (Å²) in [5, 5.41) is 0. The van der Waals surface area contributed by atoms with Gasteiger partial charge in [0.2, 0.25) is 0 Å². The quantitative estimate of drug-likeness (QED) is 0.578. The van der Waals surface area contributed by atoms with Gasteiger partial charge in [0.15, 0.2) is 0 Å². The number of nitrogens with zero attached hydrogens (tertiary/aromatic N) is 1. The van der Waals surface area contributed by atoms with Crippen molar-refractivity contribution in [2.45, 2.75) is 27.3 Å². The average molecular weight is 349 g/mol. The van der Waals surface area contributed by atoms with Gasteiger partial charge in [0.1, 0.15) is 0 Å². The second-order valence-electron chi connectivity index (χ2n) is 4.54. The van der Waals surface area contributed by atoms with Crippen molar-refractivity contribution in [2.24, 2.45) is 0 Å². The van der Waals surface area contributed by atoms with Gasteiger partial charge >= 0.3 is 7.75 Å². The first kappa shape index (κ1) is 19.6. The maximum absolute atomic E-state index is 13.1. The van der Waals surface area contributed by atoms with Crippen LogP contribution in [0.5, 0.6) is 0 Å². The molecule has 0 saturated carbocycles. The van der Waals surface area contributed by atoms with Crippen molar-refractivity contribution >= 4 is 15.3 Å². The Morgan fingerprint density at radius 1 is 0.909 bits per heavy atom. The number of hydrogen-bond acceptors (Lipinski definition) is 5. The molecule has 8 heteroatoms. The van der Waals surface area contributed by atoms with Crippen LogP contribution in [0.25, 0.3) is 0 Å². The highest BCUT2D eigenvalue weighted by molar-refractivity contribution is 7.69. The van der Waals surface area contributed by atoms with Gasteiger partial charge in [-0.25, -0.2) is 4.57 Å². The van der Waals surface area contributed by atoms with Gasteiger partial charge in [-0.15, -0.1) is 4.44 Å². The van der Waals surface area contributed by atoms with Crippen LogP contribution < -0.4 is 0 Å². The molecule has 0 fully saturated rings. The molecule has 22 heavy (non-hydrogen) atoms. The summed E-state index contributed by atoms with van der Waals surface area (Å²) in [5.74, 6) is 0. The monoisotopic (exact) mass is 349 g/mol. The Bertz CT molecular complexity index is 527. The van der Waals surface area contributed by atoms with E-state index in [1.54, 1.807) is 20.8 Å². The largest absolute Gasteiger partial charge is 0.416 e. The van der Waals surface area contributed by atoms with Gasteiger partial charge in [0.25, 0.3) is 7.52 Å². The third kappa shape index (κ3) is 5.31. The fourth-order valence-corrected chi connectivity index (χ4v) is 6.38. The highest BCUT2D eigenvalue weighted by Crippen LogP contribution is 2.67. The van der Waals surface area contributed by atoms with E-state index in [4.69, 9.17) is 13.6 Å². The SMILES string of the molecule is CCOP(C)(=O)N(Cc1ccccc1)P(=O)(OCC)OCC. The zero-order chi connectivity index (χ0) is 16.6. The summed E-state index contributed by atoms with van der Waals surface area (Å²) in [5.41, 5.74) is 0.851. The maximum atomic E-state index is 13.1. The molecule has 0 bridgehead atoms. The van der Waals surface area contributed by atoms with Gasteiger partial charge in [0, 0.05) is 13.2 Å². The van der Waals surface area contributed by atoms with E-state index in [-0.39, 0.29) is 26.4 Å². The highest BCUT2D eigenvalue weighted by Gasteiger charge is 2.43. The van der Waals surface area contributed by atoms with Crippen LogP contribution in [0.3, 0.4) is 0 Å². The summed E-state index contributed by atoms with van der Waals surface area (Å²) >= 11 is 0. The molecule has 0 aliphatic heterocycles. The summed E-state index contributed by atoms with van der Waals surface area (Å²) in [6, 6.07) is 9.33. The topological polar surface area (TPSA) is 65.1 Å². The van der Waals surface area contributed by atoms with Crippen molar-refractivity contribution in [2.75, 3.05) is 26.5 Å². The van der Waals surface area contributed by atoms with E-state index in [2.05, 4.69) is 0 Å². The van der Waals surface area contributed by atoms with Crippen LogP contribution >= 0.6 is 15.3 Å². The molecule has 0 aliphatic carbocycles. The third-order valence-corrected chi connectivity index (χ3v) is 8.05. The number of benzene rings is 1. The second kappa shape index (κ2) is 8.97. The Morgan fingerprint density at radius 2 is 1.41 bits per heavy atom. The van der Waals surface area contributed by atoms with Gasteiger partial charge in [-0.05, 0) is 26.3 Å². The first-order valence-corrected chi connectivity index (χ1v) is 10.8. The predicted molar refractivity (Wildman–Crippen MR) is 88.0 cm³/mol. The smallest absolute Gasteiger partial charge is 0.318 e. The molecule has 1 unspecified atom stereocenters. The van der Waals surface area contributed by atoms with Crippen molar-refractivity contribution in [3.63, 3.8) is 0 Å². The highest BCUT2D eigenvalue weighted by atomic mass is 31.2. The average Bonchev–Trinajstić information content (AvgIpc) is 2.46. The van der Waals surface area contributed by atoms with Gasteiger partial charge in [-0.3, -0.25) is 13.6 Å². The molecule has 0 heterocycles. The maximum Gasteiger partial charge on any atom is 0.416 e. The Hall–Kier alpha value is -0.480. The lowest BCUT2D eigenvalue weighted by Crippen LogP contribution is -2.21. The van der Waals surface area contributed by atoms with Crippen molar-refractivity contribution in [1.82, 2.24) is 4.44 Å². The molecule has 0 radical (unpaired) electrons. The lowest BCUT2D eigenvalue weighted by atomic mass is 10.2. The Balaban J connectivity index is 3.20. The van der Waals surface area contributed by atoms with Crippen molar-refractivity contribution in [1.29, 1.82) is 0 Å². The van der Waals surface area contributed by atoms with E-state index < -0.39 is 15.3 Å². The lowest BCUT2D eigenvalue weighted by Gasteiger charge is -2.33. The van der Waals surface area contributed by atoms with Crippen LogP contribution in [0.15, 0.2) is 30.3 Å². The summed E-state index contributed by atoms with van der Waals surface area (Å²) < 4.78 is 43.2. The summed E-state index contributed by atoms with van der Waals surface area (Å²) in [7, 11) is -7.03. The van der Waals surface area contributed by atoms with Gasteiger partial charge in [-0.1, -0.05) is 30.3 Å². The van der Waals surface area contributed by atoms with Crippen molar-refractivity contribution in [3.05, 3.63) is 35.9 Å². The Kier molecular flexibility index (Phi) is 7.98. The molecule has 6 nitrogen and oxygen atoms in total. The molecule has 126 valence electrons. The van der Waals surface area contributed by atoms with Crippen LogP contribution in [-0.2, 0) is 29.2 Å². The van der Waals surface area contributed by atoms with Crippen LogP contribution in [0.4, 0.5) is 0 Å². The van der Waals surface area contributed by atoms with Gasteiger partial charge in [-0.2, -0.15) is 0 Å². The van der Waals surface area contributed by atoms with Gasteiger partial charge < -0.3 is 4.52 Å². The van der Waals surface area contributed by atoms with Gasteiger partial charge in [0.05, 0.1) is 19.8 Å². The fraction of sp³-hybridized carbons (Fsp3) is 0.571. The molecule has 0 amide bonds. The molecular weight excluding hydrogens is 324 g/mol. The molecule has 0 N–H and O–H groups in total. The van der Waals surface area contributed by atoms with E-state index in [9.17, 15) is 9.13 Å². The molecular formula is C14H25NO5P2. The predicted octanol–water partition coefficient (Wildman–Crippen LogP) is 4.53. The fourth-order valence-electron chi connectivity index (χ4n) is 1.96. The van der Waals surface area contributed by atoms with Crippen LogP contribution in [0, 0.1) is 0 Å². The molecule has 1 atom stereocenters. The van der Waals surface area contributed by atoms with Crippen LogP contribution in [0.2, 0.25) is 0 Å². The Labute approximate surface area is 132 Å². The molecule has 1 rings (SSSR count). The van der Waals surface area contributed by atoms with Crippen LogP contribution in [-0.4, -0.2) is 30.9 Å². The molecule has 0 aliphatic rings. The minimum absolute atomic E-state index is 0.159. The van der Waals surface area contributed by atoms with Crippen LogP contribution in [0.1, 0.15) is 26.3 Å². The zero-order valence-corrected chi connectivity index (χ0v) is 15.4. The molecule has 1 aromatic rings. The zero-order valence-electron chi connectivity index (χ0n) is 13.6. The Morgan fingerprint density at radius 3 is 1.86 bits per heavy atom.